The molecule has 1 aliphatic rings. The second kappa shape index (κ2) is 5.34. The lowest BCUT2D eigenvalue weighted by Gasteiger charge is -2.30. The van der Waals surface area contributed by atoms with E-state index in [-0.39, 0.29) is 11.0 Å². The lowest BCUT2D eigenvalue weighted by atomic mass is 9.91. The zero-order chi connectivity index (χ0) is 10.6. The Hall–Kier alpha value is 0.210. The van der Waals surface area contributed by atoms with Gasteiger partial charge in [-0.05, 0) is 39.0 Å². The highest BCUT2D eigenvalue weighted by Gasteiger charge is 2.26. The number of methoxy groups -OCH3 is 1. The quantitative estimate of drug-likeness (QED) is 0.679. The molecule has 2 unspecified atom stereocenters. The van der Waals surface area contributed by atoms with Crippen LogP contribution in [0.2, 0.25) is 0 Å². The molecule has 84 valence electrons. The number of halogens is 1. The molecule has 0 bridgehead atoms. The molecule has 1 aliphatic heterocycles. The fourth-order valence-corrected chi connectivity index (χ4v) is 1.96. The Bertz CT molecular complexity index is 171. The number of alkyl halides is 1. The van der Waals surface area contributed by atoms with Gasteiger partial charge in [-0.3, -0.25) is 0 Å². The van der Waals surface area contributed by atoms with Crippen LogP contribution in [0.3, 0.4) is 0 Å². The molecule has 1 heterocycles. The molecule has 0 amide bonds. The monoisotopic (exact) mass is 220 g/mol. The van der Waals surface area contributed by atoms with E-state index in [1.807, 2.05) is 0 Å². The molecular formula is C11H21ClO2. The second-order valence-corrected chi connectivity index (χ2v) is 5.20. The summed E-state index contributed by atoms with van der Waals surface area (Å²) >= 11 is 6.23. The van der Waals surface area contributed by atoms with Crippen molar-refractivity contribution >= 4 is 11.6 Å². The van der Waals surface area contributed by atoms with Crippen LogP contribution >= 0.6 is 11.6 Å². The summed E-state index contributed by atoms with van der Waals surface area (Å²) in [5, 5.41) is 0.288. The van der Waals surface area contributed by atoms with E-state index < -0.39 is 0 Å². The van der Waals surface area contributed by atoms with E-state index in [9.17, 15) is 0 Å². The summed E-state index contributed by atoms with van der Waals surface area (Å²) in [6, 6.07) is 0. The molecule has 1 fully saturated rings. The van der Waals surface area contributed by atoms with Crippen LogP contribution in [0, 0.1) is 5.92 Å². The van der Waals surface area contributed by atoms with Crippen molar-refractivity contribution in [2.45, 2.75) is 44.1 Å². The third-order valence-electron chi connectivity index (χ3n) is 3.05. The Kier molecular flexibility index (Phi) is 4.68. The highest BCUT2D eigenvalue weighted by Crippen LogP contribution is 2.27. The Labute approximate surface area is 91.9 Å². The van der Waals surface area contributed by atoms with E-state index in [4.69, 9.17) is 21.1 Å². The smallest absolute Gasteiger partial charge is 0.0622 e. The zero-order valence-corrected chi connectivity index (χ0v) is 10.1. The molecule has 0 saturated carbocycles. The Morgan fingerprint density at radius 1 is 1.50 bits per heavy atom. The number of ether oxygens (including phenoxy) is 2. The highest BCUT2D eigenvalue weighted by molar-refractivity contribution is 6.20. The average molecular weight is 221 g/mol. The second-order valence-electron chi connectivity index (χ2n) is 4.64. The van der Waals surface area contributed by atoms with E-state index >= 15 is 0 Å². The molecule has 0 aromatic rings. The number of hydrogen-bond donors (Lipinski definition) is 0. The van der Waals surface area contributed by atoms with Gasteiger partial charge in [0.25, 0.3) is 0 Å². The third-order valence-corrected chi connectivity index (χ3v) is 3.63. The van der Waals surface area contributed by atoms with Crippen LogP contribution in [0.15, 0.2) is 0 Å². The summed E-state index contributed by atoms with van der Waals surface area (Å²) < 4.78 is 10.8. The molecule has 14 heavy (non-hydrogen) atoms. The Balaban J connectivity index is 2.29. The molecule has 2 atom stereocenters. The summed E-state index contributed by atoms with van der Waals surface area (Å²) in [7, 11) is 1.76. The number of rotatable bonds is 4. The maximum Gasteiger partial charge on any atom is 0.0622 e. The van der Waals surface area contributed by atoms with Crippen molar-refractivity contribution in [3.63, 3.8) is 0 Å². The zero-order valence-electron chi connectivity index (χ0n) is 9.38. The summed E-state index contributed by atoms with van der Waals surface area (Å²) in [4.78, 5) is 0. The lowest BCUT2D eigenvalue weighted by Crippen LogP contribution is -2.31. The topological polar surface area (TPSA) is 18.5 Å². The van der Waals surface area contributed by atoms with Gasteiger partial charge in [-0.25, -0.2) is 0 Å². The summed E-state index contributed by atoms with van der Waals surface area (Å²) in [6.07, 6.45) is 3.12. The van der Waals surface area contributed by atoms with Crippen molar-refractivity contribution < 1.29 is 9.47 Å². The van der Waals surface area contributed by atoms with Gasteiger partial charge in [0.15, 0.2) is 0 Å². The molecule has 3 heteroatoms. The molecule has 0 radical (unpaired) electrons. The summed E-state index contributed by atoms with van der Waals surface area (Å²) in [5.41, 5.74) is -0.0337. The predicted octanol–water partition coefficient (Wildman–Crippen LogP) is 2.84. The highest BCUT2D eigenvalue weighted by atomic mass is 35.5. The van der Waals surface area contributed by atoms with Crippen molar-refractivity contribution in [2.75, 3.05) is 20.3 Å². The van der Waals surface area contributed by atoms with Crippen molar-refractivity contribution in [3.05, 3.63) is 0 Å². The molecule has 2 nitrogen and oxygen atoms in total. The molecule has 1 rings (SSSR count). The minimum Gasteiger partial charge on any atom is -0.381 e. The van der Waals surface area contributed by atoms with Gasteiger partial charge < -0.3 is 9.47 Å². The molecule has 0 aromatic heterocycles. The number of hydrogen-bond acceptors (Lipinski definition) is 2. The minimum atomic E-state index is -0.0337. The van der Waals surface area contributed by atoms with Crippen molar-refractivity contribution in [1.29, 1.82) is 0 Å². The molecule has 1 saturated heterocycles. The SMILES string of the molecule is COC(C)(C)CCC1COCCC1Cl. The van der Waals surface area contributed by atoms with Gasteiger partial charge in [0.05, 0.1) is 12.2 Å². The third kappa shape index (κ3) is 3.76. The van der Waals surface area contributed by atoms with Crippen molar-refractivity contribution in [1.82, 2.24) is 0 Å². The predicted molar refractivity (Wildman–Crippen MR) is 58.9 cm³/mol. The molecule has 0 aliphatic carbocycles. The first-order valence-corrected chi connectivity index (χ1v) is 5.76. The van der Waals surface area contributed by atoms with Crippen LogP contribution in [-0.4, -0.2) is 31.3 Å². The first kappa shape index (κ1) is 12.3. The largest absolute Gasteiger partial charge is 0.381 e. The fraction of sp³-hybridized carbons (Fsp3) is 1.00. The van der Waals surface area contributed by atoms with Crippen LogP contribution in [0.4, 0.5) is 0 Å². The molecule has 0 N–H and O–H groups in total. The van der Waals surface area contributed by atoms with Gasteiger partial charge in [0, 0.05) is 19.1 Å². The lowest BCUT2D eigenvalue weighted by molar-refractivity contribution is -0.00177. The fourth-order valence-electron chi connectivity index (χ4n) is 1.67. The standard InChI is InChI=1S/C11H21ClO2/c1-11(2,13-3)6-4-9-8-14-7-5-10(9)12/h9-10H,4-8H2,1-3H3. The van der Waals surface area contributed by atoms with Crippen LogP contribution in [0.1, 0.15) is 33.1 Å². The van der Waals surface area contributed by atoms with E-state index in [1.54, 1.807) is 7.11 Å². The average Bonchev–Trinajstić information content (AvgIpc) is 2.17. The van der Waals surface area contributed by atoms with Gasteiger partial charge in [-0.1, -0.05) is 0 Å². The minimum absolute atomic E-state index is 0.0337. The van der Waals surface area contributed by atoms with Crippen molar-refractivity contribution in [3.8, 4) is 0 Å². The normalized spacial score (nSPS) is 29.1. The van der Waals surface area contributed by atoms with E-state index in [1.165, 1.54) is 0 Å². The van der Waals surface area contributed by atoms with Crippen LogP contribution in [0.5, 0.6) is 0 Å². The summed E-state index contributed by atoms with van der Waals surface area (Å²) in [6.45, 7) is 5.85. The van der Waals surface area contributed by atoms with Gasteiger partial charge >= 0.3 is 0 Å². The van der Waals surface area contributed by atoms with Crippen LogP contribution < -0.4 is 0 Å². The van der Waals surface area contributed by atoms with E-state index in [0.717, 1.165) is 32.5 Å². The van der Waals surface area contributed by atoms with Crippen LogP contribution in [-0.2, 0) is 9.47 Å². The van der Waals surface area contributed by atoms with E-state index in [2.05, 4.69) is 13.8 Å². The maximum atomic E-state index is 6.23. The molecule has 0 aromatic carbocycles. The van der Waals surface area contributed by atoms with Gasteiger partial charge in [0.2, 0.25) is 0 Å². The Morgan fingerprint density at radius 2 is 2.21 bits per heavy atom. The maximum absolute atomic E-state index is 6.23. The summed E-state index contributed by atoms with van der Waals surface area (Å²) in [5.74, 6) is 0.500. The Morgan fingerprint density at radius 3 is 2.79 bits per heavy atom. The first-order valence-electron chi connectivity index (χ1n) is 5.32. The molecule has 0 spiro atoms. The first-order chi connectivity index (χ1) is 6.55. The van der Waals surface area contributed by atoms with Gasteiger partial charge in [0.1, 0.15) is 0 Å². The van der Waals surface area contributed by atoms with Gasteiger partial charge in [-0.15, -0.1) is 11.6 Å². The van der Waals surface area contributed by atoms with Crippen molar-refractivity contribution in [2.24, 2.45) is 5.92 Å². The van der Waals surface area contributed by atoms with Gasteiger partial charge in [-0.2, -0.15) is 0 Å². The van der Waals surface area contributed by atoms with Crippen LogP contribution in [0.25, 0.3) is 0 Å². The van der Waals surface area contributed by atoms with E-state index in [0.29, 0.717) is 5.92 Å². The molecular weight excluding hydrogens is 200 g/mol.